The molecule has 2 aromatic carbocycles. The van der Waals surface area contributed by atoms with Gasteiger partial charge in [-0.25, -0.2) is 14.5 Å². The lowest BCUT2D eigenvalue weighted by Gasteiger charge is -2.38. The smallest absolute Gasteiger partial charge is 0.246 e. The molecule has 1 aliphatic rings. The molecule has 1 aliphatic heterocycles. The quantitative estimate of drug-likeness (QED) is 0.186. The Hall–Kier alpha value is -5.68. The molecule has 1 saturated heterocycles. The Labute approximate surface area is 256 Å². The average Bonchev–Trinajstić information content (AvgIpc) is 3.49. The molecule has 0 bridgehead atoms. The summed E-state index contributed by atoms with van der Waals surface area (Å²) in [6.07, 6.45) is 9.39. The molecule has 44 heavy (non-hydrogen) atoms. The number of carbonyl (C=O) groups excluding carboxylic acids is 1. The number of anilines is 2. The summed E-state index contributed by atoms with van der Waals surface area (Å²) < 4.78 is 20.3. The first kappa shape index (κ1) is 27.2. The predicted octanol–water partition coefficient (Wildman–Crippen LogP) is 6.43. The molecular formula is C32H24ClN7O4. The lowest BCUT2D eigenvalue weighted by molar-refractivity contribution is -0.134. The molecule has 12 heteroatoms. The average molecular weight is 606 g/mol. The summed E-state index contributed by atoms with van der Waals surface area (Å²) in [5.74, 6) is 3.11. The van der Waals surface area contributed by atoms with Crippen LogP contribution in [0.4, 0.5) is 11.5 Å². The van der Waals surface area contributed by atoms with E-state index >= 15 is 0 Å². The van der Waals surface area contributed by atoms with Gasteiger partial charge in [0.05, 0.1) is 29.1 Å². The van der Waals surface area contributed by atoms with E-state index in [1.807, 2.05) is 36.5 Å². The van der Waals surface area contributed by atoms with Gasteiger partial charge >= 0.3 is 0 Å². The number of aromatic nitrogens is 5. The van der Waals surface area contributed by atoms with Gasteiger partial charge in [-0.2, -0.15) is 5.10 Å². The summed E-state index contributed by atoms with van der Waals surface area (Å²) in [6, 6.07) is 18.1. The summed E-state index contributed by atoms with van der Waals surface area (Å²) in [4.78, 5) is 26.6. The molecule has 6 aromatic rings. The number of amides is 1. The van der Waals surface area contributed by atoms with Crippen LogP contribution in [0.15, 0.2) is 104 Å². The first-order valence-electron chi connectivity index (χ1n) is 13.6. The molecule has 0 spiro atoms. The summed E-state index contributed by atoms with van der Waals surface area (Å²) in [7, 11) is 0. The maximum atomic E-state index is 11.9. The number of hydrogen-bond acceptors (Lipinski definition) is 9. The van der Waals surface area contributed by atoms with Crippen LogP contribution in [0.1, 0.15) is 0 Å². The predicted molar refractivity (Wildman–Crippen MR) is 165 cm³/mol. The van der Waals surface area contributed by atoms with Crippen molar-refractivity contribution in [2.24, 2.45) is 0 Å². The van der Waals surface area contributed by atoms with E-state index in [2.05, 4.69) is 31.9 Å². The lowest BCUT2D eigenvalue weighted by atomic mass is 10.1. The Kier molecular flexibility index (Phi) is 7.13. The van der Waals surface area contributed by atoms with Crippen molar-refractivity contribution in [3.63, 3.8) is 0 Å². The van der Waals surface area contributed by atoms with Gasteiger partial charge in [0.25, 0.3) is 0 Å². The zero-order valence-electron chi connectivity index (χ0n) is 23.1. The van der Waals surface area contributed by atoms with Gasteiger partial charge in [-0.15, -0.1) is 0 Å². The van der Waals surface area contributed by atoms with Gasteiger partial charge in [0.15, 0.2) is 11.5 Å². The Balaban J connectivity index is 1.16. The van der Waals surface area contributed by atoms with Crippen LogP contribution >= 0.6 is 11.6 Å². The standard InChI is InChI=1S/C32H24ClN7O4/c1-2-31(41)39-17-24(18-39)44-29-15-25-27(16-30(29)42-22-6-9-34-10-7-22)35-19-36-32(25)38-20-3-4-28(26(33)13-20)43-23-8-12-40-21(14-23)5-11-37-40/h2-16,19,24H,1,17-18H2,(H,35,36,38). The van der Waals surface area contributed by atoms with E-state index < -0.39 is 0 Å². The Morgan fingerprint density at radius 1 is 0.932 bits per heavy atom. The molecule has 1 fully saturated rings. The van der Waals surface area contributed by atoms with Crippen LogP contribution in [-0.4, -0.2) is 54.6 Å². The molecular weight excluding hydrogens is 582 g/mol. The third-order valence-electron chi connectivity index (χ3n) is 7.00. The molecule has 0 unspecified atom stereocenters. The van der Waals surface area contributed by atoms with Gasteiger partial charge in [0.2, 0.25) is 5.91 Å². The second-order valence-electron chi connectivity index (χ2n) is 9.95. The van der Waals surface area contributed by atoms with Crippen LogP contribution in [0.2, 0.25) is 5.02 Å². The number of carbonyl (C=O) groups is 1. The van der Waals surface area contributed by atoms with Gasteiger partial charge in [0.1, 0.15) is 35.5 Å². The monoisotopic (exact) mass is 605 g/mol. The van der Waals surface area contributed by atoms with E-state index in [0.29, 0.717) is 69.3 Å². The Morgan fingerprint density at radius 2 is 1.77 bits per heavy atom. The van der Waals surface area contributed by atoms with Crippen LogP contribution in [0.25, 0.3) is 16.4 Å². The second kappa shape index (κ2) is 11.5. The SMILES string of the molecule is C=CC(=O)N1CC(Oc2cc3c(Nc4ccc(Oc5ccn6nccc6c5)c(Cl)c4)ncnc3cc2Oc2ccncc2)C1. The summed E-state index contributed by atoms with van der Waals surface area (Å²) in [5, 5.41) is 8.66. The normalized spacial score (nSPS) is 13.0. The van der Waals surface area contributed by atoms with Gasteiger partial charge in [0, 0.05) is 48.0 Å². The topological polar surface area (TPSA) is 116 Å². The molecule has 1 amide bonds. The fourth-order valence-electron chi connectivity index (χ4n) is 4.76. The fraction of sp³-hybridized carbons (Fsp3) is 0.0938. The van der Waals surface area contributed by atoms with Gasteiger partial charge in [-0.1, -0.05) is 18.2 Å². The highest BCUT2D eigenvalue weighted by atomic mass is 35.5. The van der Waals surface area contributed by atoms with E-state index in [0.717, 1.165) is 5.52 Å². The van der Waals surface area contributed by atoms with Gasteiger partial charge < -0.3 is 24.4 Å². The van der Waals surface area contributed by atoms with Crippen molar-refractivity contribution in [3.8, 4) is 28.7 Å². The van der Waals surface area contributed by atoms with Crippen molar-refractivity contribution in [1.82, 2.24) is 29.5 Å². The van der Waals surface area contributed by atoms with E-state index in [9.17, 15) is 4.79 Å². The summed E-state index contributed by atoms with van der Waals surface area (Å²) >= 11 is 6.62. The van der Waals surface area contributed by atoms with Gasteiger partial charge in [-0.3, -0.25) is 9.78 Å². The van der Waals surface area contributed by atoms with Crippen molar-refractivity contribution in [2.45, 2.75) is 6.10 Å². The maximum absolute atomic E-state index is 11.9. The van der Waals surface area contributed by atoms with Crippen molar-refractivity contribution in [3.05, 3.63) is 109 Å². The Bertz CT molecular complexity index is 2010. The molecule has 4 aromatic heterocycles. The number of likely N-dealkylation sites (tertiary alicyclic amines) is 1. The molecule has 218 valence electrons. The number of nitrogens with one attached hydrogen (secondary N) is 1. The first-order valence-corrected chi connectivity index (χ1v) is 14.0. The minimum Gasteiger partial charge on any atom is -0.483 e. The number of nitrogens with zero attached hydrogens (tertiary/aromatic N) is 6. The molecule has 1 N–H and O–H groups in total. The summed E-state index contributed by atoms with van der Waals surface area (Å²) in [6.45, 7) is 4.44. The number of pyridine rings is 2. The highest BCUT2D eigenvalue weighted by molar-refractivity contribution is 6.32. The van der Waals surface area contributed by atoms with Crippen molar-refractivity contribution in [1.29, 1.82) is 0 Å². The lowest BCUT2D eigenvalue weighted by Crippen LogP contribution is -2.55. The van der Waals surface area contributed by atoms with E-state index in [1.54, 1.807) is 58.3 Å². The third kappa shape index (κ3) is 5.55. The van der Waals surface area contributed by atoms with Crippen LogP contribution in [-0.2, 0) is 4.79 Å². The number of hydrogen-bond donors (Lipinski definition) is 1. The molecule has 0 radical (unpaired) electrons. The first-order chi connectivity index (χ1) is 21.5. The van der Waals surface area contributed by atoms with Crippen LogP contribution < -0.4 is 19.5 Å². The molecule has 7 rings (SSSR count). The Morgan fingerprint density at radius 3 is 2.59 bits per heavy atom. The van der Waals surface area contributed by atoms with E-state index in [4.69, 9.17) is 25.8 Å². The maximum Gasteiger partial charge on any atom is 0.246 e. The molecule has 0 saturated carbocycles. The van der Waals surface area contributed by atoms with Crippen molar-refractivity contribution < 1.29 is 19.0 Å². The zero-order valence-corrected chi connectivity index (χ0v) is 23.9. The largest absolute Gasteiger partial charge is 0.483 e. The van der Waals surface area contributed by atoms with Gasteiger partial charge in [-0.05, 0) is 54.6 Å². The number of ether oxygens (including phenoxy) is 3. The third-order valence-corrected chi connectivity index (χ3v) is 7.30. The highest BCUT2D eigenvalue weighted by Crippen LogP contribution is 2.39. The zero-order chi connectivity index (χ0) is 30.0. The molecule has 11 nitrogen and oxygen atoms in total. The second-order valence-corrected chi connectivity index (χ2v) is 10.4. The number of halogens is 1. The van der Waals surface area contributed by atoms with Crippen LogP contribution in [0.5, 0.6) is 28.7 Å². The fourth-order valence-corrected chi connectivity index (χ4v) is 4.98. The van der Waals surface area contributed by atoms with Crippen molar-refractivity contribution in [2.75, 3.05) is 18.4 Å². The minimum atomic E-state index is -0.210. The number of benzene rings is 2. The number of rotatable bonds is 9. The van der Waals surface area contributed by atoms with Crippen LogP contribution in [0, 0.1) is 0 Å². The number of fused-ring (bicyclic) bond motifs is 2. The van der Waals surface area contributed by atoms with E-state index in [-0.39, 0.29) is 12.0 Å². The molecule has 0 atom stereocenters. The van der Waals surface area contributed by atoms with E-state index in [1.165, 1.54) is 12.4 Å². The molecule has 5 heterocycles. The minimum absolute atomic E-state index is 0.133. The van der Waals surface area contributed by atoms with Crippen molar-refractivity contribution >= 4 is 45.4 Å². The highest BCUT2D eigenvalue weighted by Gasteiger charge is 2.32. The molecule has 0 aliphatic carbocycles. The summed E-state index contributed by atoms with van der Waals surface area (Å²) in [5.41, 5.74) is 2.24. The van der Waals surface area contributed by atoms with Crippen LogP contribution in [0.3, 0.4) is 0 Å².